The first-order valence-electron chi connectivity index (χ1n) is 4.53. The molecule has 0 aliphatic rings. The summed E-state index contributed by atoms with van der Waals surface area (Å²) < 4.78 is 18.2. The Labute approximate surface area is 88.0 Å². The van der Waals surface area contributed by atoms with E-state index in [9.17, 15) is 9.18 Å². The second-order valence-corrected chi connectivity index (χ2v) is 3.86. The Hall–Kier alpha value is -1.58. The van der Waals surface area contributed by atoms with Gasteiger partial charge in [0.2, 0.25) is 0 Å². The lowest BCUT2D eigenvalue weighted by molar-refractivity contribution is -0.146. The Morgan fingerprint density at radius 1 is 1.47 bits per heavy atom. The molecule has 0 saturated heterocycles. The van der Waals surface area contributed by atoms with E-state index in [4.69, 9.17) is 5.73 Å². The molecule has 1 aromatic carbocycles. The predicted octanol–water partition coefficient (Wildman–Crippen LogP) is 1.86. The van der Waals surface area contributed by atoms with Crippen LogP contribution in [0.4, 0.5) is 10.1 Å². The highest BCUT2D eigenvalue weighted by atomic mass is 19.1. The zero-order valence-electron chi connectivity index (χ0n) is 9.00. The molecule has 0 bridgehead atoms. The van der Waals surface area contributed by atoms with Crippen LogP contribution in [0.25, 0.3) is 0 Å². The second-order valence-electron chi connectivity index (χ2n) is 3.86. The minimum atomic E-state index is -1.01. The normalized spacial score (nSPS) is 11.2. The van der Waals surface area contributed by atoms with Crippen LogP contribution in [0.15, 0.2) is 18.2 Å². The fourth-order valence-corrected chi connectivity index (χ4v) is 1.40. The molecule has 0 unspecified atom stereocenters. The lowest BCUT2D eigenvalue weighted by atomic mass is 9.84. The molecule has 0 fully saturated rings. The van der Waals surface area contributed by atoms with Crippen molar-refractivity contribution in [1.29, 1.82) is 0 Å². The van der Waals surface area contributed by atoms with Gasteiger partial charge in [-0.3, -0.25) is 4.79 Å². The Bertz CT molecular complexity index is 388. The molecule has 0 aliphatic heterocycles. The van der Waals surface area contributed by atoms with Crippen molar-refractivity contribution in [3.8, 4) is 0 Å². The molecule has 3 nitrogen and oxygen atoms in total. The largest absolute Gasteiger partial charge is 0.468 e. The van der Waals surface area contributed by atoms with Crippen LogP contribution in [0.2, 0.25) is 0 Å². The molecular weight excluding hydrogens is 197 g/mol. The zero-order valence-corrected chi connectivity index (χ0v) is 9.00. The highest BCUT2D eigenvalue weighted by Gasteiger charge is 2.33. The fourth-order valence-electron chi connectivity index (χ4n) is 1.40. The number of carbonyl (C=O) groups excluding carboxylic acids is 1. The molecular formula is C11H14FNO2. The summed E-state index contributed by atoms with van der Waals surface area (Å²) >= 11 is 0. The maximum absolute atomic E-state index is 13.6. The first-order valence-corrected chi connectivity index (χ1v) is 4.53. The number of hydrogen-bond donors (Lipinski definition) is 1. The van der Waals surface area contributed by atoms with Crippen molar-refractivity contribution in [1.82, 2.24) is 0 Å². The molecule has 0 amide bonds. The van der Waals surface area contributed by atoms with Crippen molar-refractivity contribution >= 4 is 11.7 Å². The van der Waals surface area contributed by atoms with Gasteiger partial charge in [-0.2, -0.15) is 0 Å². The first-order chi connectivity index (χ1) is 6.89. The Morgan fingerprint density at radius 2 is 2.07 bits per heavy atom. The quantitative estimate of drug-likeness (QED) is 0.600. The molecule has 1 rings (SSSR count). The molecule has 82 valence electrons. The number of hydrogen-bond acceptors (Lipinski definition) is 3. The van der Waals surface area contributed by atoms with Gasteiger partial charge in [-0.25, -0.2) is 4.39 Å². The Balaban J connectivity index is 3.21. The van der Waals surface area contributed by atoms with Gasteiger partial charge in [0.1, 0.15) is 5.82 Å². The Kier molecular flexibility index (Phi) is 2.98. The summed E-state index contributed by atoms with van der Waals surface area (Å²) in [4.78, 5) is 11.5. The number of benzene rings is 1. The van der Waals surface area contributed by atoms with Gasteiger partial charge in [-0.15, -0.1) is 0 Å². The maximum Gasteiger partial charge on any atom is 0.315 e. The van der Waals surface area contributed by atoms with E-state index >= 15 is 0 Å². The topological polar surface area (TPSA) is 52.3 Å². The van der Waals surface area contributed by atoms with E-state index in [-0.39, 0.29) is 5.56 Å². The van der Waals surface area contributed by atoms with Crippen molar-refractivity contribution in [3.63, 3.8) is 0 Å². The smallest absolute Gasteiger partial charge is 0.315 e. The van der Waals surface area contributed by atoms with Crippen LogP contribution < -0.4 is 5.73 Å². The summed E-state index contributed by atoms with van der Waals surface area (Å²) in [6.07, 6.45) is 0. The molecule has 4 heteroatoms. The molecule has 15 heavy (non-hydrogen) atoms. The number of carbonyl (C=O) groups is 1. The van der Waals surface area contributed by atoms with E-state index in [0.29, 0.717) is 5.69 Å². The van der Waals surface area contributed by atoms with Crippen LogP contribution in [-0.2, 0) is 14.9 Å². The average molecular weight is 211 g/mol. The molecule has 0 heterocycles. The monoisotopic (exact) mass is 211 g/mol. The van der Waals surface area contributed by atoms with Crippen molar-refractivity contribution < 1.29 is 13.9 Å². The molecule has 0 aromatic heterocycles. The number of rotatable bonds is 2. The average Bonchev–Trinajstić information content (AvgIpc) is 2.15. The predicted molar refractivity (Wildman–Crippen MR) is 55.9 cm³/mol. The van der Waals surface area contributed by atoms with Gasteiger partial charge in [0.15, 0.2) is 0 Å². The minimum Gasteiger partial charge on any atom is -0.468 e. The number of ether oxygens (including phenoxy) is 1. The highest BCUT2D eigenvalue weighted by molar-refractivity contribution is 5.82. The number of nitrogen functional groups attached to an aromatic ring is 1. The van der Waals surface area contributed by atoms with Gasteiger partial charge in [0.25, 0.3) is 0 Å². The summed E-state index contributed by atoms with van der Waals surface area (Å²) in [5.74, 6) is -0.975. The molecule has 0 saturated carbocycles. The van der Waals surface area contributed by atoms with Gasteiger partial charge in [-0.1, -0.05) is 6.07 Å². The standard InChI is InChI=1S/C11H14FNO2/c1-11(2,10(14)15-3)8-5-4-7(13)6-9(8)12/h4-6H,13H2,1-3H3. The van der Waals surface area contributed by atoms with E-state index in [2.05, 4.69) is 4.74 Å². The lowest BCUT2D eigenvalue weighted by Gasteiger charge is -2.22. The van der Waals surface area contributed by atoms with Crippen LogP contribution in [0.1, 0.15) is 19.4 Å². The van der Waals surface area contributed by atoms with Crippen LogP contribution in [-0.4, -0.2) is 13.1 Å². The number of anilines is 1. The number of halogens is 1. The summed E-state index contributed by atoms with van der Waals surface area (Å²) in [6.45, 7) is 3.21. The van der Waals surface area contributed by atoms with Crippen LogP contribution in [0.3, 0.4) is 0 Å². The zero-order chi connectivity index (χ0) is 11.6. The van der Waals surface area contributed by atoms with Crippen LogP contribution >= 0.6 is 0 Å². The first kappa shape index (κ1) is 11.5. The van der Waals surface area contributed by atoms with E-state index < -0.39 is 17.2 Å². The van der Waals surface area contributed by atoms with Crippen molar-refractivity contribution in [2.24, 2.45) is 0 Å². The fraction of sp³-hybridized carbons (Fsp3) is 0.364. The maximum atomic E-state index is 13.6. The third kappa shape index (κ3) is 2.09. The molecule has 0 radical (unpaired) electrons. The van der Waals surface area contributed by atoms with E-state index in [1.165, 1.54) is 19.2 Å². The SMILES string of the molecule is COC(=O)C(C)(C)c1ccc(N)cc1F. The third-order valence-electron chi connectivity index (χ3n) is 2.36. The number of methoxy groups -OCH3 is 1. The van der Waals surface area contributed by atoms with Crippen molar-refractivity contribution in [2.45, 2.75) is 19.3 Å². The van der Waals surface area contributed by atoms with Crippen molar-refractivity contribution in [3.05, 3.63) is 29.6 Å². The lowest BCUT2D eigenvalue weighted by Crippen LogP contribution is -2.31. The van der Waals surface area contributed by atoms with Crippen LogP contribution in [0, 0.1) is 5.82 Å². The summed E-state index contributed by atoms with van der Waals surface area (Å²) in [5, 5.41) is 0. The summed E-state index contributed by atoms with van der Waals surface area (Å²) in [5.41, 5.74) is 5.03. The minimum absolute atomic E-state index is 0.281. The van der Waals surface area contributed by atoms with E-state index in [0.717, 1.165) is 0 Å². The van der Waals surface area contributed by atoms with Gasteiger partial charge < -0.3 is 10.5 Å². The Morgan fingerprint density at radius 3 is 2.53 bits per heavy atom. The summed E-state index contributed by atoms with van der Waals surface area (Å²) in [7, 11) is 1.28. The van der Waals surface area contributed by atoms with E-state index in [1.807, 2.05) is 0 Å². The highest BCUT2D eigenvalue weighted by Crippen LogP contribution is 2.28. The molecule has 0 aliphatic carbocycles. The van der Waals surface area contributed by atoms with E-state index in [1.54, 1.807) is 19.9 Å². The summed E-state index contributed by atoms with van der Waals surface area (Å²) in [6, 6.07) is 4.25. The number of nitrogens with two attached hydrogens (primary N) is 1. The molecule has 2 N–H and O–H groups in total. The number of esters is 1. The third-order valence-corrected chi connectivity index (χ3v) is 2.36. The van der Waals surface area contributed by atoms with Gasteiger partial charge >= 0.3 is 5.97 Å². The molecule has 1 aromatic rings. The molecule has 0 spiro atoms. The van der Waals surface area contributed by atoms with Crippen molar-refractivity contribution in [2.75, 3.05) is 12.8 Å². The van der Waals surface area contributed by atoms with Gasteiger partial charge in [-0.05, 0) is 26.0 Å². The molecule has 0 atom stereocenters. The van der Waals surface area contributed by atoms with Gasteiger partial charge in [0.05, 0.1) is 12.5 Å². The van der Waals surface area contributed by atoms with Gasteiger partial charge in [0, 0.05) is 11.3 Å². The van der Waals surface area contributed by atoms with Crippen LogP contribution in [0.5, 0.6) is 0 Å². The second kappa shape index (κ2) is 3.88.